The molecule has 1 aliphatic carbocycles. The molecule has 0 saturated heterocycles. The number of hydrogen-bond donors (Lipinski definition) is 0. The summed E-state index contributed by atoms with van der Waals surface area (Å²) in [6.45, 7) is 0. The van der Waals surface area contributed by atoms with E-state index in [4.69, 9.17) is 0 Å². The lowest BCUT2D eigenvalue weighted by Crippen LogP contribution is -2.38. The van der Waals surface area contributed by atoms with Crippen molar-refractivity contribution >= 4 is 15.9 Å². The maximum absolute atomic E-state index is 3.89. The average molecular weight is 401 g/mol. The number of halogens is 1. The van der Waals surface area contributed by atoms with Crippen molar-refractivity contribution in [1.29, 1.82) is 0 Å². The van der Waals surface area contributed by atoms with Gasteiger partial charge in [-0.1, -0.05) is 125 Å². The molecule has 1 aliphatic rings. The Morgan fingerprint density at radius 1 is 0.654 bits per heavy atom. The Morgan fingerprint density at radius 2 is 1.08 bits per heavy atom. The lowest BCUT2D eigenvalue weighted by molar-refractivity contribution is 0.443. The molecule has 0 aromatic heterocycles. The third-order valence-electron chi connectivity index (χ3n) is 5.31. The predicted molar refractivity (Wildman–Crippen MR) is 113 cm³/mol. The second kappa shape index (κ2) is 7.47. The van der Waals surface area contributed by atoms with Gasteiger partial charge in [0, 0.05) is 10.4 Å². The summed E-state index contributed by atoms with van der Waals surface area (Å²) in [6.07, 6.45) is 7.61. The van der Waals surface area contributed by atoms with Crippen LogP contribution in [-0.4, -0.2) is 0 Å². The molecular weight excluding hydrogens is 380 g/mol. The lowest BCUT2D eigenvalue weighted by atomic mass is 9.60. The van der Waals surface area contributed by atoms with Crippen LogP contribution in [0.25, 0.3) is 0 Å². The summed E-state index contributed by atoms with van der Waals surface area (Å²) < 4.78 is 1.25. The molecule has 3 aromatic carbocycles. The van der Waals surface area contributed by atoms with Gasteiger partial charge in [0.1, 0.15) is 0 Å². The fourth-order valence-corrected chi connectivity index (χ4v) is 4.88. The first-order valence-electron chi connectivity index (χ1n) is 9.02. The Hall–Kier alpha value is -2.38. The molecule has 0 spiro atoms. The topological polar surface area (TPSA) is 0 Å². The Balaban J connectivity index is 2.07. The van der Waals surface area contributed by atoms with Gasteiger partial charge in [-0.3, -0.25) is 0 Å². The molecule has 3 aromatic rings. The van der Waals surface area contributed by atoms with Gasteiger partial charge in [-0.2, -0.15) is 0 Å². The maximum atomic E-state index is 3.89. The summed E-state index contributed by atoms with van der Waals surface area (Å²) in [6, 6.07) is 32.7. The van der Waals surface area contributed by atoms with Gasteiger partial charge in [0.15, 0.2) is 0 Å². The predicted octanol–water partition coefficient (Wildman–Crippen LogP) is 6.88. The lowest BCUT2D eigenvalue weighted by Gasteiger charge is -2.43. The van der Waals surface area contributed by atoms with Gasteiger partial charge in [-0.05, 0) is 23.1 Å². The van der Waals surface area contributed by atoms with E-state index >= 15 is 0 Å². The minimum Gasteiger partial charge on any atom is -0.0838 e. The molecule has 0 amide bonds. The van der Waals surface area contributed by atoms with Crippen LogP contribution in [0.5, 0.6) is 0 Å². The smallest absolute Gasteiger partial charge is 0.0527 e. The molecule has 0 aliphatic heterocycles. The van der Waals surface area contributed by atoms with E-state index in [0.717, 1.165) is 6.42 Å². The van der Waals surface area contributed by atoms with E-state index in [-0.39, 0.29) is 5.41 Å². The molecule has 0 heterocycles. The Morgan fingerprint density at radius 3 is 1.46 bits per heavy atom. The molecule has 128 valence electrons. The van der Waals surface area contributed by atoms with Gasteiger partial charge in [-0.25, -0.2) is 0 Å². The monoisotopic (exact) mass is 400 g/mol. The summed E-state index contributed by atoms with van der Waals surface area (Å²) in [5.41, 5.74) is 3.72. The maximum Gasteiger partial charge on any atom is 0.0527 e. The van der Waals surface area contributed by atoms with Gasteiger partial charge >= 0.3 is 0 Å². The van der Waals surface area contributed by atoms with Crippen LogP contribution in [0.2, 0.25) is 0 Å². The molecule has 26 heavy (non-hydrogen) atoms. The van der Waals surface area contributed by atoms with Crippen LogP contribution in [-0.2, 0) is 5.41 Å². The van der Waals surface area contributed by atoms with Crippen molar-refractivity contribution in [3.05, 3.63) is 130 Å². The van der Waals surface area contributed by atoms with Crippen LogP contribution >= 0.6 is 15.9 Å². The second-order valence-corrected chi connectivity index (χ2v) is 7.59. The first-order chi connectivity index (χ1) is 12.8. The molecule has 4 rings (SSSR count). The van der Waals surface area contributed by atoms with Crippen molar-refractivity contribution in [3.63, 3.8) is 0 Å². The highest BCUT2D eigenvalue weighted by molar-refractivity contribution is 9.11. The van der Waals surface area contributed by atoms with Crippen LogP contribution in [0.1, 0.15) is 23.1 Å². The summed E-state index contributed by atoms with van der Waals surface area (Å²) in [7, 11) is 0. The van der Waals surface area contributed by atoms with E-state index in [1.54, 1.807) is 0 Å². The normalized spacial score (nSPS) is 17.0. The zero-order chi connectivity index (χ0) is 17.8. The molecule has 0 bridgehead atoms. The molecular formula is C25H21Br. The molecule has 1 heteroatoms. The average Bonchev–Trinajstić information content (AvgIpc) is 2.72. The van der Waals surface area contributed by atoms with Crippen molar-refractivity contribution in [2.24, 2.45) is 5.92 Å². The van der Waals surface area contributed by atoms with E-state index in [2.05, 4.69) is 125 Å². The first kappa shape index (κ1) is 17.1. The van der Waals surface area contributed by atoms with Crippen molar-refractivity contribution in [3.8, 4) is 0 Å². The van der Waals surface area contributed by atoms with Crippen molar-refractivity contribution in [2.45, 2.75) is 11.8 Å². The quantitative estimate of drug-likeness (QED) is 0.418. The number of benzene rings is 3. The van der Waals surface area contributed by atoms with E-state index in [1.165, 1.54) is 21.2 Å². The van der Waals surface area contributed by atoms with Crippen LogP contribution in [0, 0.1) is 5.92 Å². The van der Waals surface area contributed by atoms with Crippen molar-refractivity contribution in [1.82, 2.24) is 0 Å². The van der Waals surface area contributed by atoms with Gasteiger partial charge in [0.05, 0.1) is 5.41 Å². The highest BCUT2D eigenvalue weighted by Crippen LogP contribution is 2.51. The van der Waals surface area contributed by atoms with Crippen LogP contribution in [0.4, 0.5) is 0 Å². The van der Waals surface area contributed by atoms with Gasteiger partial charge < -0.3 is 0 Å². The summed E-state index contributed by atoms with van der Waals surface area (Å²) in [5, 5.41) is 0. The zero-order valence-electron chi connectivity index (χ0n) is 14.6. The summed E-state index contributed by atoms with van der Waals surface area (Å²) >= 11 is 3.89. The van der Waals surface area contributed by atoms with E-state index < -0.39 is 0 Å². The molecule has 1 unspecified atom stereocenters. The number of allylic oxidation sites excluding steroid dienone is 4. The molecule has 0 nitrogen and oxygen atoms in total. The standard InChI is InChI=1S/C25H21Br/c26-24-19-11-10-18-23(24)25(20-12-4-1-5-13-20,21-14-6-2-7-15-21)22-16-8-3-9-17-22/h1-17,19,23H,18H2. The fourth-order valence-electron chi connectivity index (χ4n) is 4.19. The fraction of sp³-hybridized carbons (Fsp3) is 0.120. The van der Waals surface area contributed by atoms with Crippen LogP contribution in [0.15, 0.2) is 114 Å². The van der Waals surface area contributed by atoms with E-state index in [1.807, 2.05) is 0 Å². The number of rotatable bonds is 4. The Labute approximate surface area is 164 Å². The molecule has 0 saturated carbocycles. The summed E-state index contributed by atoms with van der Waals surface area (Å²) in [5.74, 6) is 0.305. The minimum absolute atomic E-state index is 0.246. The molecule has 0 fully saturated rings. The Bertz CT molecular complexity index is 811. The number of hydrogen-bond acceptors (Lipinski definition) is 0. The minimum atomic E-state index is -0.246. The highest BCUT2D eigenvalue weighted by atomic mass is 79.9. The van der Waals surface area contributed by atoms with Gasteiger partial charge in [0.2, 0.25) is 0 Å². The van der Waals surface area contributed by atoms with Crippen LogP contribution < -0.4 is 0 Å². The molecule has 0 N–H and O–H groups in total. The van der Waals surface area contributed by atoms with Crippen molar-refractivity contribution in [2.75, 3.05) is 0 Å². The Kier molecular flexibility index (Phi) is 4.90. The van der Waals surface area contributed by atoms with Crippen molar-refractivity contribution < 1.29 is 0 Å². The van der Waals surface area contributed by atoms with Gasteiger partial charge in [-0.15, -0.1) is 0 Å². The first-order valence-corrected chi connectivity index (χ1v) is 9.81. The van der Waals surface area contributed by atoms with Crippen LogP contribution in [0.3, 0.4) is 0 Å². The SMILES string of the molecule is BrC1=CC=CCC1C(c1ccccc1)(c1ccccc1)c1ccccc1. The zero-order valence-corrected chi connectivity index (χ0v) is 16.1. The highest BCUT2D eigenvalue weighted by Gasteiger charge is 2.44. The molecule has 0 radical (unpaired) electrons. The summed E-state index contributed by atoms with van der Waals surface area (Å²) in [4.78, 5) is 0. The largest absolute Gasteiger partial charge is 0.0838 e. The second-order valence-electron chi connectivity index (χ2n) is 6.67. The third-order valence-corrected chi connectivity index (χ3v) is 6.12. The van der Waals surface area contributed by atoms with E-state index in [0.29, 0.717) is 5.92 Å². The third kappa shape index (κ3) is 2.87. The van der Waals surface area contributed by atoms with E-state index in [9.17, 15) is 0 Å². The molecule has 1 atom stereocenters. The van der Waals surface area contributed by atoms with Gasteiger partial charge in [0.25, 0.3) is 0 Å².